The van der Waals surface area contributed by atoms with Gasteiger partial charge >= 0.3 is 0 Å². The largest absolute Gasteiger partial charge is 0.378 e. The zero-order chi connectivity index (χ0) is 19.6. The smallest absolute Gasteiger partial charge is 0.246 e. The first kappa shape index (κ1) is 23.9. The molecule has 0 unspecified atom stereocenters. The maximum atomic E-state index is 5.94. The molecule has 1 aromatic heterocycles. The number of nitrogens with zero attached hydrogens (tertiary/aromatic N) is 3. The molecule has 1 aliphatic carbocycles. The van der Waals surface area contributed by atoms with E-state index in [1.165, 1.54) is 32.1 Å². The topological polar surface area (TPSA) is 84.6 Å². The molecule has 1 aromatic carbocycles. The fraction of sp³-hybridized carbons (Fsp3) is 0.550. The predicted octanol–water partition coefficient (Wildman–Crippen LogP) is 4.41. The van der Waals surface area contributed by atoms with Crippen molar-refractivity contribution in [3.63, 3.8) is 0 Å². The van der Waals surface area contributed by atoms with Gasteiger partial charge in [-0.15, -0.1) is 24.0 Å². The third-order valence-electron chi connectivity index (χ3n) is 4.72. The van der Waals surface area contributed by atoms with Gasteiger partial charge in [-0.05, 0) is 43.5 Å². The number of nitrogens with one attached hydrogen (secondary N) is 2. The third kappa shape index (κ3) is 8.10. The summed E-state index contributed by atoms with van der Waals surface area (Å²) in [6.45, 7) is 1.98. The molecule has 0 bridgehead atoms. The van der Waals surface area contributed by atoms with Crippen molar-refractivity contribution in [3.05, 3.63) is 35.2 Å². The molecular formula is C20H29ClIN5O2. The van der Waals surface area contributed by atoms with Gasteiger partial charge in [-0.25, -0.2) is 0 Å². The van der Waals surface area contributed by atoms with Gasteiger partial charge in [0.2, 0.25) is 11.7 Å². The normalized spacial score (nSPS) is 15.0. The van der Waals surface area contributed by atoms with Gasteiger partial charge in [-0.1, -0.05) is 36.0 Å². The molecule has 160 valence electrons. The highest BCUT2D eigenvalue weighted by atomic mass is 127. The Morgan fingerprint density at radius 2 is 1.97 bits per heavy atom. The van der Waals surface area contributed by atoms with Crippen molar-refractivity contribution in [3.8, 4) is 11.4 Å². The molecule has 29 heavy (non-hydrogen) atoms. The zero-order valence-electron chi connectivity index (χ0n) is 16.7. The third-order valence-corrected chi connectivity index (χ3v) is 4.97. The average molecular weight is 534 g/mol. The second-order valence-corrected chi connectivity index (χ2v) is 7.29. The zero-order valence-corrected chi connectivity index (χ0v) is 19.8. The van der Waals surface area contributed by atoms with E-state index in [-0.39, 0.29) is 24.0 Å². The van der Waals surface area contributed by atoms with Gasteiger partial charge in [-0.2, -0.15) is 4.98 Å². The Balaban J connectivity index is 0.00000300. The summed E-state index contributed by atoms with van der Waals surface area (Å²) in [5.74, 6) is 1.73. The van der Waals surface area contributed by atoms with Crippen LogP contribution in [-0.4, -0.2) is 42.4 Å². The van der Waals surface area contributed by atoms with Crippen LogP contribution in [-0.2, 0) is 11.3 Å². The molecule has 0 spiro atoms. The van der Waals surface area contributed by atoms with E-state index in [9.17, 15) is 0 Å². The SMILES string of the molecule is CN=C(NCCCOC1CCCCC1)NCc1nc(-c2ccc(Cl)cc2)no1.I. The first-order valence-corrected chi connectivity index (χ1v) is 10.3. The highest BCUT2D eigenvalue weighted by Crippen LogP contribution is 2.20. The van der Waals surface area contributed by atoms with Gasteiger partial charge in [0.25, 0.3) is 0 Å². The Labute approximate surface area is 194 Å². The summed E-state index contributed by atoms with van der Waals surface area (Å²) in [6.07, 6.45) is 7.77. The minimum atomic E-state index is 0. The van der Waals surface area contributed by atoms with E-state index in [4.69, 9.17) is 20.9 Å². The van der Waals surface area contributed by atoms with Gasteiger partial charge < -0.3 is 19.9 Å². The van der Waals surface area contributed by atoms with Crippen LogP contribution in [0.2, 0.25) is 5.02 Å². The van der Waals surface area contributed by atoms with Crippen molar-refractivity contribution in [2.45, 2.75) is 51.2 Å². The molecule has 1 heterocycles. The van der Waals surface area contributed by atoms with E-state index in [1.54, 1.807) is 19.2 Å². The van der Waals surface area contributed by atoms with Crippen molar-refractivity contribution in [2.75, 3.05) is 20.2 Å². The number of ether oxygens (including phenoxy) is 1. The van der Waals surface area contributed by atoms with Crippen LogP contribution in [0.4, 0.5) is 0 Å². The summed E-state index contributed by atoms with van der Waals surface area (Å²) in [5, 5.41) is 11.1. The van der Waals surface area contributed by atoms with Crippen molar-refractivity contribution in [2.24, 2.45) is 4.99 Å². The molecule has 0 saturated heterocycles. The van der Waals surface area contributed by atoms with Crippen LogP contribution < -0.4 is 10.6 Å². The standard InChI is InChI=1S/C20H28ClN5O2.HI/c1-22-20(23-12-5-13-27-17-6-3-2-4-7-17)24-14-18-25-19(26-28-18)15-8-10-16(21)11-9-15;/h8-11,17H,2-7,12-14H2,1H3,(H2,22,23,24);1H. The Morgan fingerprint density at radius 3 is 2.69 bits per heavy atom. The average Bonchev–Trinajstić information content (AvgIpc) is 3.20. The Morgan fingerprint density at radius 1 is 1.21 bits per heavy atom. The van der Waals surface area contributed by atoms with Crippen LogP contribution in [0.3, 0.4) is 0 Å². The first-order chi connectivity index (χ1) is 13.7. The number of guanidine groups is 1. The van der Waals surface area contributed by atoms with Gasteiger partial charge in [0, 0.05) is 30.8 Å². The van der Waals surface area contributed by atoms with E-state index >= 15 is 0 Å². The van der Waals surface area contributed by atoms with Crippen LogP contribution in [0.15, 0.2) is 33.8 Å². The highest BCUT2D eigenvalue weighted by molar-refractivity contribution is 14.0. The molecule has 7 nitrogen and oxygen atoms in total. The van der Waals surface area contributed by atoms with E-state index in [1.807, 2.05) is 12.1 Å². The summed E-state index contributed by atoms with van der Waals surface area (Å²) < 4.78 is 11.2. The predicted molar refractivity (Wildman–Crippen MR) is 126 cm³/mol. The van der Waals surface area contributed by atoms with Crippen LogP contribution in [0, 0.1) is 0 Å². The van der Waals surface area contributed by atoms with Gasteiger partial charge in [0.1, 0.15) is 0 Å². The molecule has 2 aromatic rings. The molecule has 1 fully saturated rings. The molecule has 9 heteroatoms. The van der Waals surface area contributed by atoms with Crippen molar-refractivity contribution in [1.82, 2.24) is 20.8 Å². The van der Waals surface area contributed by atoms with E-state index in [0.717, 1.165) is 25.1 Å². The number of aromatic nitrogens is 2. The van der Waals surface area contributed by atoms with Gasteiger partial charge in [0.05, 0.1) is 12.6 Å². The second kappa shape index (κ2) is 13.0. The fourth-order valence-corrected chi connectivity index (χ4v) is 3.31. The molecular weight excluding hydrogens is 505 g/mol. The summed E-state index contributed by atoms with van der Waals surface area (Å²) in [6, 6.07) is 7.32. The van der Waals surface area contributed by atoms with Crippen molar-refractivity contribution < 1.29 is 9.26 Å². The molecule has 3 rings (SSSR count). The molecule has 0 radical (unpaired) electrons. The van der Waals surface area contributed by atoms with Gasteiger partial charge in [-0.3, -0.25) is 4.99 Å². The van der Waals surface area contributed by atoms with Crippen molar-refractivity contribution >= 4 is 41.5 Å². The molecule has 0 atom stereocenters. The lowest BCUT2D eigenvalue weighted by atomic mass is 9.98. The first-order valence-electron chi connectivity index (χ1n) is 9.89. The summed E-state index contributed by atoms with van der Waals surface area (Å²) in [7, 11) is 1.74. The van der Waals surface area contributed by atoms with Crippen molar-refractivity contribution in [1.29, 1.82) is 0 Å². The monoisotopic (exact) mass is 533 g/mol. The second-order valence-electron chi connectivity index (χ2n) is 6.86. The van der Waals surface area contributed by atoms with Crippen LogP contribution in [0.1, 0.15) is 44.4 Å². The van der Waals surface area contributed by atoms with E-state index in [2.05, 4.69) is 25.8 Å². The van der Waals surface area contributed by atoms with Gasteiger partial charge in [0.15, 0.2) is 5.96 Å². The minimum absolute atomic E-state index is 0. The summed E-state index contributed by atoms with van der Waals surface area (Å²) in [4.78, 5) is 8.61. The number of halogens is 2. The number of benzene rings is 1. The number of aliphatic imine (C=N–C) groups is 1. The summed E-state index contributed by atoms with van der Waals surface area (Å²) in [5.41, 5.74) is 0.861. The van der Waals surface area contributed by atoms with Crippen LogP contribution in [0.25, 0.3) is 11.4 Å². The lowest BCUT2D eigenvalue weighted by Gasteiger charge is -2.22. The lowest BCUT2D eigenvalue weighted by Crippen LogP contribution is -2.37. The van der Waals surface area contributed by atoms with Crippen LogP contribution >= 0.6 is 35.6 Å². The molecule has 1 saturated carbocycles. The quantitative estimate of drug-likeness (QED) is 0.226. The molecule has 2 N–H and O–H groups in total. The van der Waals surface area contributed by atoms with E-state index in [0.29, 0.717) is 35.3 Å². The lowest BCUT2D eigenvalue weighted by molar-refractivity contribution is 0.0277. The Hall–Kier alpha value is -1.39. The fourth-order valence-electron chi connectivity index (χ4n) is 3.18. The summed E-state index contributed by atoms with van der Waals surface area (Å²) >= 11 is 5.90. The maximum absolute atomic E-state index is 5.94. The number of hydrogen-bond donors (Lipinski definition) is 2. The maximum Gasteiger partial charge on any atom is 0.246 e. The highest BCUT2D eigenvalue weighted by Gasteiger charge is 2.13. The van der Waals surface area contributed by atoms with Crippen LogP contribution in [0.5, 0.6) is 0 Å². The molecule has 0 amide bonds. The number of rotatable bonds is 8. The molecule has 1 aliphatic rings. The Bertz CT molecular complexity index is 748. The number of hydrogen-bond acceptors (Lipinski definition) is 5. The van der Waals surface area contributed by atoms with E-state index < -0.39 is 0 Å². The Kier molecular flexibility index (Phi) is 10.7. The minimum Gasteiger partial charge on any atom is -0.378 e. The molecule has 0 aliphatic heterocycles.